The van der Waals surface area contributed by atoms with Crippen molar-refractivity contribution in [2.45, 2.75) is 25.9 Å². The zero-order valence-corrected chi connectivity index (χ0v) is 14.1. The molecule has 0 unspecified atom stereocenters. The molecule has 0 spiro atoms. The maximum Gasteiger partial charge on any atom is 0.264 e. The maximum absolute atomic E-state index is 12.3. The highest BCUT2D eigenvalue weighted by Gasteiger charge is 2.25. The van der Waals surface area contributed by atoms with E-state index < -0.39 is 0 Å². The topological polar surface area (TPSA) is 29.5 Å². The number of nitrogens with zero attached hydrogens (tertiary/aromatic N) is 1. The van der Waals surface area contributed by atoms with Crippen LogP contribution in [-0.4, -0.2) is 36.6 Å². The van der Waals surface area contributed by atoms with Crippen LogP contribution in [0.3, 0.4) is 0 Å². The molecule has 1 saturated heterocycles. The van der Waals surface area contributed by atoms with E-state index in [2.05, 4.69) is 31.9 Å². The highest BCUT2D eigenvalue weighted by molar-refractivity contribution is 9.13. The van der Waals surface area contributed by atoms with Crippen molar-refractivity contribution >= 4 is 49.1 Å². The Kier molecular flexibility index (Phi) is 5.24. The molecule has 0 aliphatic carbocycles. The van der Waals surface area contributed by atoms with Crippen molar-refractivity contribution in [1.82, 2.24) is 4.90 Å². The summed E-state index contributed by atoms with van der Waals surface area (Å²) in [5.74, 6) is 0.126. The normalized spacial score (nSPS) is 17.2. The first kappa shape index (κ1) is 14.5. The van der Waals surface area contributed by atoms with Gasteiger partial charge in [-0.15, -0.1) is 11.3 Å². The van der Waals surface area contributed by atoms with Crippen molar-refractivity contribution in [3.05, 3.63) is 19.2 Å². The third-order valence-corrected chi connectivity index (χ3v) is 6.23. The van der Waals surface area contributed by atoms with Crippen molar-refractivity contribution in [3.63, 3.8) is 0 Å². The molecule has 1 aliphatic heterocycles. The highest BCUT2D eigenvalue weighted by atomic mass is 79.9. The molecule has 0 atom stereocenters. The van der Waals surface area contributed by atoms with Crippen molar-refractivity contribution in [3.8, 4) is 0 Å². The number of ether oxygens (including phenoxy) is 1. The third kappa shape index (κ3) is 3.35. The second-order valence-electron chi connectivity index (χ2n) is 4.18. The van der Waals surface area contributed by atoms with Crippen LogP contribution in [0.25, 0.3) is 0 Å². The predicted octanol–water partition coefficient (Wildman–Crippen LogP) is 3.91. The molecule has 1 aliphatic rings. The van der Waals surface area contributed by atoms with Gasteiger partial charge in [0.2, 0.25) is 0 Å². The van der Waals surface area contributed by atoms with E-state index in [-0.39, 0.29) is 5.91 Å². The van der Waals surface area contributed by atoms with E-state index in [1.165, 1.54) is 11.3 Å². The molecule has 0 aromatic carbocycles. The molecule has 1 fully saturated rings. The van der Waals surface area contributed by atoms with E-state index in [1.807, 2.05) is 17.9 Å². The number of piperidine rings is 1. The zero-order chi connectivity index (χ0) is 13.1. The van der Waals surface area contributed by atoms with Crippen LogP contribution in [0.1, 0.15) is 29.4 Å². The van der Waals surface area contributed by atoms with Gasteiger partial charge in [-0.05, 0) is 57.7 Å². The smallest absolute Gasteiger partial charge is 0.264 e. The van der Waals surface area contributed by atoms with E-state index in [9.17, 15) is 4.79 Å². The molecule has 2 heterocycles. The molecule has 1 aromatic heterocycles. The number of carbonyl (C=O) groups excluding carboxylic acids is 1. The lowest BCUT2D eigenvalue weighted by atomic mass is 10.1. The van der Waals surface area contributed by atoms with Gasteiger partial charge in [-0.25, -0.2) is 0 Å². The Bertz CT molecular complexity index is 408. The minimum absolute atomic E-state index is 0.126. The van der Waals surface area contributed by atoms with Crippen molar-refractivity contribution < 1.29 is 9.53 Å². The van der Waals surface area contributed by atoms with Crippen LogP contribution in [0.2, 0.25) is 0 Å². The summed E-state index contributed by atoms with van der Waals surface area (Å²) in [5, 5.41) is 0. The molecule has 1 amide bonds. The van der Waals surface area contributed by atoms with E-state index in [0.29, 0.717) is 6.10 Å². The summed E-state index contributed by atoms with van der Waals surface area (Å²) in [6.45, 7) is 4.34. The molecule has 2 rings (SSSR count). The first-order chi connectivity index (χ1) is 8.61. The van der Waals surface area contributed by atoms with Gasteiger partial charge in [0.25, 0.3) is 5.91 Å². The number of hydrogen-bond acceptors (Lipinski definition) is 3. The lowest BCUT2D eigenvalue weighted by Gasteiger charge is -2.31. The van der Waals surface area contributed by atoms with Crippen LogP contribution in [0.15, 0.2) is 14.3 Å². The monoisotopic (exact) mass is 395 g/mol. The standard InChI is InChI=1S/C12H15Br2NO2S/c1-2-17-8-3-5-15(6-4-8)12(16)10-7-9(13)11(14)18-10/h7-8H,2-6H2,1H3. The summed E-state index contributed by atoms with van der Waals surface area (Å²) in [6, 6.07) is 1.88. The fraction of sp³-hybridized carbons (Fsp3) is 0.583. The maximum atomic E-state index is 12.3. The molecule has 18 heavy (non-hydrogen) atoms. The Labute approximate surface area is 128 Å². The largest absolute Gasteiger partial charge is 0.378 e. The van der Waals surface area contributed by atoms with Gasteiger partial charge in [0.15, 0.2) is 0 Å². The van der Waals surface area contributed by atoms with Crippen molar-refractivity contribution in [1.29, 1.82) is 0 Å². The van der Waals surface area contributed by atoms with Gasteiger partial charge in [-0.3, -0.25) is 4.79 Å². The lowest BCUT2D eigenvalue weighted by molar-refractivity contribution is 0.0147. The Morgan fingerprint density at radius 1 is 1.50 bits per heavy atom. The molecule has 3 nitrogen and oxygen atoms in total. The minimum Gasteiger partial charge on any atom is -0.378 e. The van der Waals surface area contributed by atoms with Gasteiger partial charge in [0.05, 0.1) is 14.8 Å². The number of hydrogen-bond donors (Lipinski definition) is 0. The predicted molar refractivity (Wildman–Crippen MR) is 80.3 cm³/mol. The van der Waals surface area contributed by atoms with E-state index in [4.69, 9.17) is 4.74 Å². The number of likely N-dealkylation sites (tertiary alicyclic amines) is 1. The van der Waals surface area contributed by atoms with Crippen LogP contribution in [0.5, 0.6) is 0 Å². The number of amides is 1. The summed E-state index contributed by atoms with van der Waals surface area (Å²) < 4.78 is 7.50. The average molecular weight is 397 g/mol. The van der Waals surface area contributed by atoms with Gasteiger partial charge >= 0.3 is 0 Å². The summed E-state index contributed by atoms with van der Waals surface area (Å²) in [6.07, 6.45) is 2.20. The average Bonchev–Trinajstić information content (AvgIpc) is 2.70. The highest BCUT2D eigenvalue weighted by Crippen LogP contribution is 2.33. The Morgan fingerprint density at radius 2 is 2.17 bits per heavy atom. The SMILES string of the molecule is CCOC1CCN(C(=O)c2cc(Br)c(Br)s2)CC1. The summed E-state index contributed by atoms with van der Waals surface area (Å²) in [7, 11) is 0. The van der Waals surface area contributed by atoms with E-state index in [0.717, 1.165) is 45.7 Å². The fourth-order valence-electron chi connectivity index (χ4n) is 2.07. The third-order valence-electron chi connectivity index (χ3n) is 2.99. The van der Waals surface area contributed by atoms with Gasteiger partial charge in [0, 0.05) is 24.2 Å². The Morgan fingerprint density at radius 3 is 2.67 bits per heavy atom. The molecule has 1 aromatic rings. The molecule has 100 valence electrons. The summed E-state index contributed by atoms with van der Waals surface area (Å²) in [5.41, 5.74) is 0. The van der Waals surface area contributed by atoms with Crippen molar-refractivity contribution in [2.75, 3.05) is 19.7 Å². The van der Waals surface area contributed by atoms with E-state index >= 15 is 0 Å². The first-order valence-corrected chi connectivity index (χ1v) is 8.37. The van der Waals surface area contributed by atoms with Crippen LogP contribution in [-0.2, 0) is 4.74 Å². The number of halogens is 2. The Hall–Kier alpha value is 0.0900. The molecule has 0 N–H and O–H groups in total. The van der Waals surface area contributed by atoms with Crippen molar-refractivity contribution in [2.24, 2.45) is 0 Å². The van der Waals surface area contributed by atoms with Crippen LogP contribution in [0, 0.1) is 0 Å². The second kappa shape index (κ2) is 6.50. The molecule has 0 radical (unpaired) electrons. The van der Waals surface area contributed by atoms with Gasteiger partial charge < -0.3 is 9.64 Å². The van der Waals surface area contributed by atoms with E-state index in [1.54, 1.807) is 0 Å². The fourth-order valence-corrected chi connectivity index (χ4v) is 4.07. The number of carbonyl (C=O) groups is 1. The van der Waals surface area contributed by atoms with Crippen LogP contribution < -0.4 is 0 Å². The zero-order valence-electron chi connectivity index (χ0n) is 10.1. The van der Waals surface area contributed by atoms with Gasteiger partial charge in [-0.1, -0.05) is 0 Å². The molecule has 0 saturated carbocycles. The van der Waals surface area contributed by atoms with Gasteiger partial charge in [0.1, 0.15) is 0 Å². The molecular weight excluding hydrogens is 382 g/mol. The lowest BCUT2D eigenvalue weighted by Crippen LogP contribution is -2.40. The second-order valence-corrected chi connectivity index (χ2v) is 7.40. The van der Waals surface area contributed by atoms with Gasteiger partial charge in [-0.2, -0.15) is 0 Å². The number of thiophene rings is 1. The van der Waals surface area contributed by atoms with Crippen LogP contribution >= 0.6 is 43.2 Å². The summed E-state index contributed by atoms with van der Waals surface area (Å²) >= 11 is 8.31. The minimum atomic E-state index is 0.126. The van der Waals surface area contributed by atoms with Crippen LogP contribution in [0.4, 0.5) is 0 Å². The first-order valence-electron chi connectivity index (χ1n) is 5.97. The Balaban J connectivity index is 1.95. The quantitative estimate of drug-likeness (QED) is 0.774. The number of rotatable bonds is 3. The summed E-state index contributed by atoms with van der Waals surface area (Å²) in [4.78, 5) is 15.0. The molecule has 0 bridgehead atoms. The molecule has 6 heteroatoms. The molecular formula is C12H15Br2NO2S.